The van der Waals surface area contributed by atoms with Crippen molar-refractivity contribution in [3.63, 3.8) is 0 Å². The normalized spacial score (nSPS) is 10.4. The summed E-state index contributed by atoms with van der Waals surface area (Å²) in [5.41, 5.74) is -1.25. The third-order valence-corrected chi connectivity index (χ3v) is 3.25. The van der Waals surface area contributed by atoms with Gasteiger partial charge in [-0.2, -0.15) is 0 Å². The molecule has 0 aliphatic rings. The largest absolute Gasteiger partial charge is 0.504 e. The lowest BCUT2D eigenvalue weighted by atomic mass is 10.1. The molecule has 3 aromatic rings. The molecule has 0 radical (unpaired) electrons. The molecule has 0 aliphatic heterocycles. The number of phenolic OH excluding ortho intramolecular Hbond substituents is 4. The molecule has 0 bridgehead atoms. The first kappa shape index (κ1) is 16.3. The van der Waals surface area contributed by atoms with Crippen molar-refractivity contribution in [2.45, 2.75) is 0 Å². The van der Waals surface area contributed by atoms with Crippen molar-refractivity contribution < 1.29 is 29.9 Å². The van der Waals surface area contributed by atoms with E-state index in [9.17, 15) is 30.3 Å². The molecule has 120 valence electrons. The maximum absolute atomic E-state index is 12.2. The summed E-state index contributed by atoms with van der Waals surface area (Å²) >= 11 is 0. The second kappa shape index (κ2) is 5.62. The predicted octanol–water partition coefficient (Wildman–Crippen LogP) is 2.41. The second-order valence-electron chi connectivity index (χ2n) is 4.57. The van der Waals surface area contributed by atoms with E-state index in [1.54, 1.807) is 30.3 Å². The highest BCUT2D eigenvalue weighted by molar-refractivity contribution is 5.95. The van der Waals surface area contributed by atoms with E-state index in [0.717, 1.165) is 0 Å². The highest BCUT2D eigenvalue weighted by atomic mass is 35.5. The average molecular weight is 339 g/mol. The molecule has 3 rings (SSSR count). The Morgan fingerprint density at radius 2 is 1.30 bits per heavy atom. The van der Waals surface area contributed by atoms with Gasteiger partial charge in [0.25, 0.3) is 0 Å². The van der Waals surface area contributed by atoms with Crippen LogP contribution >= 0.6 is 12.4 Å². The summed E-state index contributed by atoms with van der Waals surface area (Å²) in [6.45, 7) is 0. The van der Waals surface area contributed by atoms with Crippen LogP contribution in [0.3, 0.4) is 0 Å². The Morgan fingerprint density at radius 1 is 0.739 bits per heavy atom. The zero-order valence-corrected chi connectivity index (χ0v) is 12.2. The lowest BCUT2D eigenvalue weighted by molar-refractivity contribution is 0.345. The van der Waals surface area contributed by atoms with Crippen molar-refractivity contribution in [1.82, 2.24) is 0 Å². The summed E-state index contributed by atoms with van der Waals surface area (Å²) < 4.78 is 5.28. The number of fused-ring (bicyclic) bond motifs is 1. The first-order chi connectivity index (χ1) is 10.4. The van der Waals surface area contributed by atoms with Crippen molar-refractivity contribution in [3.8, 4) is 40.1 Å². The smallest absolute Gasteiger partial charge is 0.239 e. The van der Waals surface area contributed by atoms with Crippen molar-refractivity contribution in [2.24, 2.45) is 0 Å². The second-order valence-corrected chi connectivity index (χ2v) is 4.57. The first-order valence-electron chi connectivity index (χ1n) is 6.14. The van der Waals surface area contributed by atoms with E-state index < -0.39 is 45.1 Å². The molecule has 0 aliphatic carbocycles. The molecule has 0 unspecified atom stereocenters. The van der Waals surface area contributed by atoms with Crippen LogP contribution in [0.4, 0.5) is 0 Å². The fraction of sp³-hybridized carbons (Fsp3) is 0. The Labute approximate surface area is 134 Å². The van der Waals surface area contributed by atoms with Gasteiger partial charge in [0.15, 0.2) is 17.1 Å². The van der Waals surface area contributed by atoms with E-state index in [1.165, 1.54) is 0 Å². The predicted molar refractivity (Wildman–Crippen MR) is 83.5 cm³/mol. The molecular weight excluding hydrogens is 328 g/mol. The molecule has 0 spiro atoms. The molecule has 7 nitrogen and oxygen atoms in total. The minimum atomic E-state index is -1.08. The lowest BCUT2D eigenvalue weighted by Crippen LogP contribution is -2.03. The van der Waals surface area contributed by atoms with Crippen molar-refractivity contribution in [3.05, 3.63) is 40.6 Å². The van der Waals surface area contributed by atoms with Crippen molar-refractivity contribution >= 4 is 23.4 Å². The Hall–Kier alpha value is -3.06. The van der Waals surface area contributed by atoms with Gasteiger partial charge in [0, 0.05) is 5.56 Å². The van der Waals surface area contributed by atoms with Crippen LogP contribution in [0.15, 0.2) is 39.5 Å². The molecule has 1 aromatic heterocycles. The number of phenols is 4. The Balaban J connectivity index is 0.00000192. The molecule has 2 aromatic carbocycles. The summed E-state index contributed by atoms with van der Waals surface area (Å²) in [6, 6.07) is 8.12. The zero-order chi connectivity index (χ0) is 16.0. The minimum Gasteiger partial charge on any atom is -0.504 e. The first-order valence-corrected chi connectivity index (χ1v) is 6.14. The van der Waals surface area contributed by atoms with E-state index in [2.05, 4.69) is 0 Å². The van der Waals surface area contributed by atoms with E-state index >= 15 is 0 Å². The molecule has 0 fully saturated rings. The summed E-state index contributed by atoms with van der Waals surface area (Å²) in [7, 11) is 0. The lowest BCUT2D eigenvalue weighted by Gasteiger charge is -2.10. The summed E-state index contributed by atoms with van der Waals surface area (Å²) in [5, 5.41) is 47.9. The molecular formula is C15H11ClO7. The van der Waals surface area contributed by atoms with Crippen LogP contribution in [0.5, 0.6) is 28.7 Å². The minimum absolute atomic E-state index is 0. The van der Waals surface area contributed by atoms with E-state index in [0.29, 0.717) is 5.56 Å². The molecule has 1 heterocycles. The van der Waals surface area contributed by atoms with E-state index in [1.807, 2.05) is 0 Å². The summed E-state index contributed by atoms with van der Waals surface area (Å²) in [6.07, 6.45) is 0. The molecule has 0 amide bonds. The van der Waals surface area contributed by atoms with Gasteiger partial charge in [-0.3, -0.25) is 4.79 Å². The van der Waals surface area contributed by atoms with Gasteiger partial charge in [0.1, 0.15) is 5.39 Å². The monoisotopic (exact) mass is 338 g/mol. The molecule has 8 heteroatoms. The third-order valence-electron chi connectivity index (χ3n) is 3.25. The van der Waals surface area contributed by atoms with Crippen LogP contribution in [-0.2, 0) is 0 Å². The average Bonchev–Trinajstić information content (AvgIpc) is 2.54. The van der Waals surface area contributed by atoms with Gasteiger partial charge < -0.3 is 29.9 Å². The number of aromatic hydroxyl groups is 5. The van der Waals surface area contributed by atoms with Gasteiger partial charge in [-0.15, -0.1) is 12.4 Å². The SMILES string of the molecule is Cl.O=c1c(O)c(-c2ccccc2)oc2c(O)c(O)c(O)c(O)c12. The summed E-state index contributed by atoms with van der Waals surface area (Å²) in [5.74, 6) is -5.05. The number of hydrogen-bond acceptors (Lipinski definition) is 7. The van der Waals surface area contributed by atoms with Gasteiger partial charge in [-0.25, -0.2) is 0 Å². The maximum Gasteiger partial charge on any atom is 0.239 e. The fourth-order valence-corrected chi connectivity index (χ4v) is 2.14. The Morgan fingerprint density at radius 3 is 1.91 bits per heavy atom. The van der Waals surface area contributed by atoms with Crippen molar-refractivity contribution in [1.29, 1.82) is 0 Å². The van der Waals surface area contributed by atoms with Crippen LogP contribution in [0.2, 0.25) is 0 Å². The number of benzene rings is 2. The number of rotatable bonds is 1. The topological polar surface area (TPSA) is 131 Å². The Bertz CT molecular complexity index is 948. The van der Waals surface area contributed by atoms with Gasteiger partial charge in [-0.1, -0.05) is 30.3 Å². The Kier molecular flexibility index (Phi) is 3.98. The number of hydrogen-bond donors (Lipinski definition) is 5. The molecule has 0 saturated carbocycles. The molecule has 5 N–H and O–H groups in total. The van der Waals surface area contributed by atoms with Gasteiger partial charge >= 0.3 is 0 Å². The van der Waals surface area contributed by atoms with Crippen molar-refractivity contribution in [2.75, 3.05) is 0 Å². The van der Waals surface area contributed by atoms with E-state index in [-0.39, 0.29) is 18.2 Å². The molecule has 23 heavy (non-hydrogen) atoms. The fourth-order valence-electron chi connectivity index (χ4n) is 2.14. The van der Waals surface area contributed by atoms with Crippen LogP contribution in [0, 0.1) is 0 Å². The number of halogens is 1. The van der Waals surface area contributed by atoms with Crippen LogP contribution in [0.25, 0.3) is 22.3 Å². The zero-order valence-electron chi connectivity index (χ0n) is 11.3. The van der Waals surface area contributed by atoms with Gasteiger partial charge in [0.2, 0.25) is 28.4 Å². The van der Waals surface area contributed by atoms with Crippen LogP contribution < -0.4 is 5.43 Å². The van der Waals surface area contributed by atoms with Crippen LogP contribution in [-0.4, -0.2) is 25.5 Å². The molecule has 0 saturated heterocycles. The van der Waals surface area contributed by atoms with Gasteiger partial charge in [0.05, 0.1) is 0 Å². The van der Waals surface area contributed by atoms with E-state index in [4.69, 9.17) is 4.42 Å². The molecule has 0 atom stereocenters. The standard InChI is InChI=1S/C15H10O7.ClH/c16-8-7-9(17)12(20)14(6-4-2-1-3-5-6)22-15(7)13(21)11(19)10(8)18;/h1-5,16,18-21H;1H. The maximum atomic E-state index is 12.2. The third kappa shape index (κ3) is 2.27. The summed E-state index contributed by atoms with van der Waals surface area (Å²) in [4.78, 5) is 12.2. The highest BCUT2D eigenvalue weighted by Crippen LogP contribution is 2.49. The highest BCUT2D eigenvalue weighted by Gasteiger charge is 2.26. The van der Waals surface area contributed by atoms with Crippen LogP contribution in [0.1, 0.15) is 0 Å². The van der Waals surface area contributed by atoms with Gasteiger partial charge in [-0.05, 0) is 0 Å². The quantitative estimate of drug-likeness (QED) is 0.340.